The number of hydrogen-bond acceptors (Lipinski definition) is 4. The van der Waals surface area contributed by atoms with Gasteiger partial charge in [0.25, 0.3) is 5.69 Å². The first-order chi connectivity index (χ1) is 10.1. The monoisotopic (exact) mass is 283 g/mol. The van der Waals surface area contributed by atoms with Crippen molar-refractivity contribution in [2.75, 3.05) is 17.2 Å². The zero-order chi connectivity index (χ0) is 15.0. The summed E-state index contributed by atoms with van der Waals surface area (Å²) in [7, 11) is 0. The molecule has 0 saturated carbocycles. The van der Waals surface area contributed by atoms with Crippen molar-refractivity contribution in [1.82, 2.24) is 0 Å². The Balaban J connectivity index is 1.91. The Morgan fingerprint density at radius 1 is 1.29 bits per heavy atom. The molecule has 1 aliphatic rings. The van der Waals surface area contributed by atoms with Crippen LogP contribution in [0.25, 0.3) is 0 Å². The van der Waals surface area contributed by atoms with Gasteiger partial charge in [-0.05, 0) is 42.2 Å². The van der Waals surface area contributed by atoms with Crippen LogP contribution < -0.4 is 10.6 Å². The molecule has 0 aromatic heterocycles. The number of nitro benzene ring substituents is 1. The Bertz CT molecular complexity index is 713. The molecule has 2 aromatic rings. The minimum atomic E-state index is -0.358. The number of nitro groups is 1. The number of hydrogen-bond donors (Lipinski definition) is 1. The van der Waals surface area contributed by atoms with Crippen LogP contribution in [0.15, 0.2) is 36.4 Å². The van der Waals surface area contributed by atoms with Crippen LogP contribution in [0.4, 0.5) is 17.1 Å². The standard InChI is InChI=1S/C16H17N3O2/c1-11-9-13(19(20)21)5-6-16(11)18-8-7-14-12(10-18)3-2-4-15(14)17/h2-6,9H,7-8,10,17H2,1H3. The van der Waals surface area contributed by atoms with Gasteiger partial charge in [-0.3, -0.25) is 10.1 Å². The van der Waals surface area contributed by atoms with E-state index in [1.165, 1.54) is 11.1 Å². The molecule has 5 nitrogen and oxygen atoms in total. The number of nitrogen functional groups attached to an aromatic ring is 1. The smallest absolute Gasteiger partial charge is 0.269 e. The minimum absolute atomic E-state index is 0.137. The van der Waals surface area contributed by atoms with E-state index in [1.807, 2.05) is 25.1 Å². The number of rotatable bonds is 2. The van der Waals surface area contributed by atoms with E-state index in [-0.39, 0.29) is 10.6 Å². The molecule has 0 radical (unpaired) electrons. The normalized spacial score (nSPS) is 13.9. The second-order valence-corrected chi connectivity index (χ2v) is 5.38. The molecule has 0 aliphatic carbocycles. The van der Waals surface area contributed by atoms with E-state index >= 15 is 0 Å². The van der Waals surface area contributed by atoms with Gasteiger partial charge >= 0.3 is 0 Å². The number of nitrogens with two attached hydrogens (primary N) is 1. The topological polar surface area (TPSA) is 72.4 Å². The molecule has 5 heteroatoms. The van der Waals surface area contributed by atoms with Gasteiger partial charge in [0.2, 0.25) is 0 Å². The molecule has 0 bridgehead atoms. The molecule has 0 fully saturated rings. The van der Waals surface area contributed by atoms with E-state index in [2.05, 4.69) is 11.0 Å². The third kappa shape index (κ3) is 2.42. The number of non-ortho nitro benzene ring substituents is 1. The highest BCUT2D eigenvalue weighted by atomic mass is 16.6. The van der Waals surface area contributed by atoms with Crippen LogP contribution in [0.3, 0.4) is 0 Å². The van der Waals surface area contributed by atoms with Crippen LogP contribution >= 0.6 is 0 Å². The Labute approximate surface area is 123 Å². The summed E-state index contributed by atoms with van der Waals surface area (Å²) in [6.07, 6.45) is 0.901. The molecular weight excluding hydrogens is 266 g/mol. The third-order valence-electron chi connectivity index (χ3n) is 4.03. The average molecular weight is 283 g/mol. The summed E-state index contributed by atoms with van der Waals surface area (Å²) >= 11 is 0. The Morgan fingerprint density at radius 2 is 2.10 bits per heavy atom. The number of fused-ring (bicyclic) bond motifs is 1. The van der Waals surface area contributed by atoms with Gasteiger partial charge in [-0.1, -0.05) is 12.1 Å². The highest BCUT2D eigenvalue weighted by Crippen LogP contribution is 2.31. The van der Waals surface area contributed by atoms with Crippen molar-refractivity contribution in [3.63, 3.8) is 0 Å². The fraction of sp³-hybridized carbons (Fsp3) is 0.250. The zero-order valence-corrected chi connectivity index (χ0v) is 11.9. The molecule has 0 spiro atoms. The molecule has 0 amide bonds. The molecule has 0 saturated heterocycles. The third-order valence-corrected chi connectivity index (χ3v) is 4.03. The van der Waals surface area contributed by atoms with E-state index < -0.39 is 0 Å². The lowest BCUT2D eigenvalue weighted by atomic mass is 9.97. The van der Waals surface area contributed by atoms with Crippen LogP contribution in [-0.4, -0.2) is 11.5 Å². The SMILES string of the molecule is Cc1cc([N+](=O)[O-])ccc1N1CCc2c(N)cccc2C1. The zero-order valence-electron chi connectivity index (χ0n) is 11.9. The van der Waals surface area contributed by atoms with Crippen molar-refractivity contribution in [1.29, 1.82) is 0 Å². The predicted molar refractivity (Wildman–Crippen MR) is 83.4 cm³/mol. The number of nitrogens with zero attached hydrogens (tertiary/aromatic N) is 2. The molecule has 2 aromatic carbocycles. The number of benzene rings is 2. The fourth-order valence-electron chi connectivity index (χ4n) is 2.95. The van der Waals surface area contributed by atoms with Gasteiger partial charge in [0.05, 0.1) is 4.92 Å². The summed E-state index contributed by atoms with van der Waals surface area (Å²) in [5, 5.41) is 10.8. The molecule has 2 N–H and O–H groups in total. The number of aryl methyl sites for hydroxylation is 1. The summed E-state index contributed by atoms with van der Waals surface area (Å²) in [5.41, 5.74) is 11.4. The maximum atomic E-state index is 10.8. The van der Waals surface area contributed by atoms with Crippen molar-refractivity contribution in [3.05, 3.63) is 63.2 Å². The van der Waals surface area contributed by atoms with Gasteiger partial charge in [-0.15, -0.1) is 0 Å². The van der Waals surface area contributed by atoms with Gasteiger partial charge in [-0.25, -0.2) is 0 Å². The maximum Gasteiger partial charge on any atom is 0.269 e. The van der Waals surface area contributed by atoms with Crippen LogP contribution in [0.1, 0.15) is 16.7 Å². The van der Waals surface area contributed by atoms with E-state index in [4.69, 9.17) is 5.73 Å². The van der Waals surface area contributed by atoms with Crippen molar-refractivity contribution in [2.24, 2.45) is 0 Å². The van der Waals surface area contributed by atoms with Crippen LogP contribution in [0.2, 0.25) is 0 Å². The lowest BCUT2D eigenvalue weighted by Gasteiger charge is -2.32. The van der Waals surface area contributed by atoms with Crippen molar-refractivity contribution < 1.29 is 4.92 Å². The van der Waals surface area contributed by atoms with Gasteiger partial charge in [0.15, 0.2) is 0 Å². The second kappa shape index (κ2) is 5.09. The molecule has 3 rings (SSSR count). The highest BCUT2D eigenvalue weighted by molar-refractivity contribution is 5.61. The Morgan fingerprint density at radius 3 is 2.81 bits per heavy atom. The molecule has 0 unspecified atom stereocenters. The van der Waals surface area contributed by atoms with Crippen LogP contribution in [0.5, 0.6) is 0 Å². The molecule has 1 heterocycles. The predicted octanol–water partition coefficient (Wildman–Crippen LogP) is 3.05. The summed E-state index contributed by atoms with van der Waals surface area (Å²) in [6, 6.07) is 11.0. The van der Waals surface area contributed by atoms with Crippen LogP contribution in [-0.2, 0) is 13.0 Å². The molecule has 108 valence electrons. The van der Waals surface area contributed by atoms with Crippen molar-refractivity contribution >= 4 is 17.1 Å². The van der Waals surface area contributed by atoms with Gasteiger partial charge in [0, 0.05) is 36.6 Å². The van der Waals surface area contributed by atoms with Gasteiger partial charge in [0.1, 0.15) is 0 Å². The minimum Gasteiger partial charge on any atom is -0.398 e. The maximum absolute atomic E-state index is 10.8. The van der Waals surface area contributed by atoms with E-state index in [0.29, 0.717) is 0 Å². The van der Waals surface area contributed by atoms with E-state index in [0.717, 1.165) is 36.4 Å². The van der Waals surface area contributed by atoms with Crippen LogP contribution in [0, 0.1) is 17.0 Å². The Kier molecular flexibility index (Phi) is 3.25. The lowest BCUT2D eigenvalue weighted by Crippen LogP contribution is -2.31. The first kappa shape index (κ1) is 13.4. The van der Waals surface area contributed by atoms with Crippen molar-refractivity contribution in [2.45, 2.75) is 19.9 Å². The molecule has 21 heavy (non-hydrogen) atoms. The average Bonchev–Trinajstić information content (AvgIpc) is 2.47. The largest absolute Gasteiger partial charge is 0.398 e. The van der Waals surface area contributed by atoms with Gasteiger partial charge in [-0.2, -0.15) is 0 Å². The summed E-state index contributed by atoms with van der Waals surface area (Å²) < 4.78 is 0. The molecule has 1 aliphatic heterocycles. The Hall–Kier alpha value is -2.56. The molecular formula is C16H17N3O2. The highest BCUT2D eigenvalue weighted by Gasteiger charge is 2.20. The van der Waals surface area contributed by atoms with E-state index in [1.54, 1.807) is 12.1 Å². The summed E-state index contributed by atoms with van der Waals surface area (Å²) in [6.45, 7) is 3.58. The summed E-state index contributed by atoms with van der Waals surface area (Å²) in [5.74, 6) is 0. The summed E-state index contributed by atoms with van der Waals surface area (Å²) in [4.78, 5) is 12.7. The fourth-order valence-corrected chi connectivity index (χ4v) is 2.95. The first-order valence-corrected chi connectivity index (χ1v) is 6.92. The number of anilines is 2. The molecule has 0 atom stereocenters. The lowest BCUT2D eigenvalue weighted by molar-refractivity contribution is -0.384. The first-order valence-electron chi connectivity index (χ1n) is 6.92. The van der Waals surface area contributed by atoms with Gasteiger partial charge < -0.3 is 10.6 Å². The second-order valence-electron chi connectivity index (χ2n) is 5.38. The quantitative estimate of drug-likeness (QED) is 0.522. The van der Waals surface area contributed by atoms with Crippen molar-refractivity contribution in [3.8, 4) is 0 Å². The van der Waals surface area contributed by atoms with E-state index in [9.17, 15) is 10.1 Å².